The molecule has 2 N–H and O–H groups in total. The van der Waals surface area contributed by atoms with Crippen molar-refractivity contribution in [2.24, 2.45) is 5.73 Å². The molecule has 0 saturated heterocycles. The van der Waals surface area contributed by atoms with Crippen molar-refractivity contribution in [1.29, 1.82) is 5.26 Å². The molecule has 10 heteroatoms. The van der Waals surface area contributed by atoms with Gasteiger partial charge in [-0.1, -0.05) is 47.5 Å². The van der Waals surface area contributed by atoms with Crippen LogP contribution in [0, 0.1) is 25.2 Å². The van der Waals surface area contributed by atoms with Crippen molar-refractivity contribution in [3.05, 3.63) is 115 Å². The maximum atomic E-state index is 13.7. The van der Waals surface area contributed by atoms with Crippen LogP contribution in [0.15, 0.2) is 77.3 Å². The number of aryl methyl sites for hydroxylation is 2. The first-order valence-corrected chi connectivity index (χ1v) is 14.0. The van der Waals surface area contributed by atoms with Crippen molar-refractivity contribution >= 4 is 34.7 Å². The minimum absolute atomic E-state index is 0.0112. The molecule has 0 radical (unpaired) electrons. The first-order valence-electron chi connectivity index (χ1n) is 13.2. The molecule has 5 nitrogen and oxygen atoms in total. The van der Waals surface area contributed by atoms with Gasteiger partial charge in [-0.15, -0.1) is 0 Å². The van der Waals surface area contributed by atoms with E-state index in [1.165, 1.54) is 4.90 Å². The number of nitrogens with two attached hydrogens (primary N) is 1. The first-order chi connectivity index (χ1) is 19.9. The summed E-state index contributed by atoms with van der Waals surface area (Å²) in [5, 5.41) is 10.9. The standard InChI is InChI=1S/C32H26Cl2F3N3O2/c1-17-12-18(2)21(13-19(17)16-42-28-9-4-3-6-24(28)34)29-22(15-38)31(39)40(25-7-5-8-27(41)30(25)29)26-14-20(32(35,36)37)10-11-23(26)33/h3-4,6,9-14,29H,5,7-8,16,39H2,1-2H3. The molecule has 1 aliphatic carbocycles. The van der Waals surface area contributed by atoms with Crippen molar-refractivity contribution in [2.75, 3.05) is 4.90 Å². The molecule has 0 saturated carbocycles. The number of alkyl halides is 3. The number of carbonyl (C=O) groups excluding carboxylic acids is 1. The number of para-hydroxylation sites is 1. The monoisotopic (exact) mass is 611 g/mol. The van der Waals surface area contributed by atoms with Crippen molar-refractivity contribution < 1.29 is 22.7 Å². The topological polar surface area (TPSA) is 79.4 Å². The second-order valence-electron chi connectivity index (χ2n) is 10.3. The Kier molecular flexibility index (Phi) is 8.02. The molecule has 0 amide bonds. The summed E-state index contributed by atoms with van der Waals surface area (Å²) in [6.07, 6.45) is -3.53. The Morgan fingerprint density at radius 2 is 1.79 bits per heavy atom. The second-order valence-corrected chi connectivity index (χ2v) is 11.1. The normalized spacial score (nSPS) is 17.3. The largest absolute Gasteiger partial charge is 0.487 e. The fourth-order valence-electron chi connectivity index (χ4n) is 5.63. The van der Waals surface area contributed by atoms with Crippen LogP contribution in [0.1, 0.15) is 53.0 Å². The van der Waals surface area contributed by atoms with E-state index >= 15 is 0 Å². The molecule has 1 atom stereocenters. The molecule has 216 valence electrons. The van der Waals surface area contributed by atoms with Crippen LogP contribution in [-0.4, -0.2) is 5.78 Å². The number of rotatable bonds is 5. The zero-order valence-corrected chi connectivity index (χ0v) is 24.3. The average Bonchev–Trinajstić information content (AvgIpc) is 2.93. The molecule has 0 fully saturated rings. The predicted octanol–water partition coefficient (Wildman–Crippen LogP) is 8.51. The molecule has 2 aliphatic rings. The number of ketones is 1. The van der Waals surface area contributed by atoms with Crippen LogP contribution < -0.4 is 15.4 Å². The molecular weight excluding hydrogens is 586 g/mol. The van der Waals surface area contributed by atoms with Crippen LogP contribution in [-0.2, 0) is 17.6 Å². The minimum atomic E-state index is -4.63. The molecule has 3 aromatic carbocycles. The molecule has 0 aromatic heterocycles. The lowest BCUT2D eigenvalue weighted by Crippen LogP contribution is -2.39. The van der Waals surface area contributed by atoms with Crippen LogP contribution in [0.3, 0.4) is 0 Å². The maximum absolute atomic E-state index is 13.7. The molecule has 0 bridgehead atoms. The van der Waals surface area contributed by atoms with Gasteiger partial charge in [-0.25, -0.2) is 0 Å². The number of nitriles is 1. The van der Waals surface area contributed by atoms with Crippen LogP contribution in [0.2, 0.25) is 10.0 Å². The smallest absolute Gasteiger partial charge is 0.416 e. The van der Waals surface area contributed by atoms with Crippen molar-refractivity contribution in [3.8, 4) is 11.8 Å². The van der Waals surface area contributed by atoms with Gasteiger partial charge in [0.15, 0.2) is 5.78 Å². The number of anilines is 1. The summed E-state index contributed by atoms with van der Waals surface area (Å²) < 4.78 is 46.9. The average molecular weight is 612 g/mol. The lowest BCUT2D eigenvalue weighted by Gasteiger charge is -2.40. The Balaban J connectivity index is 1.66. The van der Waals surface area contributed by atoms with Crippen molar-refractivity contribution in [2.45, 2.75) is 51.8 Å². The van der Waals surface area contributed by atoms with Gasteiger partial charge in [-0.3, -0.25) is 9.69 Å². The third-order valence-corrected chi connectivity index (χ3v) is 8.31. The molecule has 1 heterocycles. The van der Waals surface area contributed by atoms with Crippen LogP contribution in [0.4, 0.5) is 18.9 Å². The first kappa shape index (κ1) is 29.6. The van der Waals surface area contributed by atoms with Gasteiger partial charge in [-0.05, 0) is 79.3 Å². The van der Waals surface area contributed by atoms with E-state index in [1.54, 1.807) is 18.2 Å². The summed E-state index contributed by atoms with van der Waals surface area (Å²) in [6, 6.07) is 16.0. The molecule has 3 aromatic rings. The van der Waals surface area contributed by atoms with Gasteiger partial charge in [-0.2, -0.15) is 18.4 Å². The Hall–Kier alpha value is -3.93. The highest BCUT2D eigenvalue weighted by molar-refractivity contribution is 6.33. The summed E-state index contributed by atoms with van der Waals surface area (Å²) >= 11 is 12.7. The Labute approximate surface area is 251 Å². The fraction of sp³-hybridized carbons (Fsp3) is 0.250. The van der Waals surface area contributed by atoms with E-state index in [0.29, 0.717) is 40.4 Å². The minimum Gasteiger partial charge on any atom is -0.487 e. The number of hydrogen-bond acceptors (Lipinski definition) is 5. The lowest BCUT2D eigenvalue weighted by atomic mass is 9.74. The van der Waals surface area contributed by atoms with E-state index in [4.69, 9.17) is 33.7 Å². The van der Waals surface area contributed by atoms with Crippen LogP contribution >= 0.6 is 23.2 Å². The number of Topliss-reactive ketones (excluding diaryl/α,β-unsaturated/α-hetero) is 1. The van der Waals surface area contributed by atoms with Gasteiger partial charge in [0.05, 0.1) is 38.9 Å². The van der Waals surface area contributed by atoms with E-state index in [0.717, 1.165) is 34.9 Å². The van der Waals surface area contributed by atoms with Gasteiger partial charge < -0.3 is 10.5 Å². The molecule has 1 aliphatic heterocycles. The van der Waals surface area contributed by atoms with E-state index in [9.17, 15) is 23.2 Å². The molecule has 5 rings (SSSR count). The molecule has 42 heavy (non-hydrogen) atoms. The van der Waals surface area contributed by atoms with Crippen LogP contribution in [0.5, 0.6) is 5.75 Å². The van der Waals surface area contributed by atoms with Gasteiger partial charge in [0.2, 0.25) is 0 Å². The van der Waals surface area contributed by atoms with E-state index in [-0.39, 0.29) is 40.9 Å². The molecular formula is C32H26Cl2F3N3O2. The van der Waals surface area contributed by atoms with Gasteiger partial charge >= 0.3 is 6.18 Å². The SMILES string of the molecule is Cc1cc(C)c(C2C(C#N)=C(N)N(c3cc(C(F)(F)F)ccc3Cl)C3=C2C(=O)CCC3)cc1COc1ccccc1Cl. The van der Waals surface area contributed by atoms with Crippen molar-refractivity contribution in [3.63, 3.8) is 0 Å². The van der Waals surface area contributed by atoms with Crippen LogP contribution in [0.25, 0.3) is 0 Å². The highest BCUT2D eigenvalue weighted by atomic mass is 35.5. The van der Waals surface area contributed by atoms with E-state index in [1.807, 2.05) is 32.0 Å². The Bertz CT molecular complexity index is 1710. The zero-order valence-electron chi connectivity index (χ0n) is 22.8. The summed E-state index contributed by atoms with van der Waals surface area (Å²) in [5.74, 6) is -0.547. The molecule has 0 spiro atoms. The summed E-state index contributed by atoms with van der Waals surface area (Å²) in [4.78, 5) is 14.9. The molecule has 1 unspecified atom stereocenters. The number of carbonyl (C=O) groups is 1. The highest BCUT2D eigenvalue weighted by Gasteiger charge is 2.42. The van der Waals surface area contributed by atoms with Crippen molar-refractivity contribution in [1.82, 2.24) is 0 Å². The Morgan fingerprint density at radius 1 is 1.05 bits per heavy atom. The highest BCUT2D eigenvalue weighted by Crippen LogP contribution is 2.49. The summed E-state index contributed by atoms with van der Waals surface area (Å²) in [7, 11) is 0. The zero-order chi connectivity index (χ0) is 30.3. The van der Waals surface area contributed by atoms with Gasteiger partial charge in [0.1, 0.15) is 18.2 Å². The second kappa shape index (κ2) is 11.4. The summed E-state index contributed by atoms with van der Waals surface area (Å²) in [6.45, 7) is 4.00. The number of ether oxygens (including phenoxy) is 1. The third-order valence-electron chi connectivity index (χ3n) is 7.68. The quantitative estimate of drug-likeness (QED) is 0.313. The predicted molar refractivity (Wildman–Crippen MR) is 156 cm³/mol. The number of allylic oxidation sites excluding steroid dienone is 3. The van der Waals surface area contributed by atoms with Gasteiger partial charge in [0.25, 0.3) is 0 Å². The number of benzene rings is 3. The van der Waals surface area contributed by atoms with Gasteiger partial charge in [0, 0.05) is 17.7 Å². The van der Waals surface area contributed by atoms with E-state index < -0.39 is 17.7 Å². The maximum Gasteiger partial charge on any atom is 0.416 e. The van der Waals surface area contributed by atoms with E-state index in [2.05, 4.69) is 6.07 Å². The lowest BCUT2D eigenvalue weighted by molar-refractivity contribution is -0.137. The number of hydrogen-bond donors (Lipinski definition) is 1. The third kappa shape index (κ3) is 5.35. The number of halogens is 5. The Morgan fingerprint density at radius 3 is 2.48 bits per heavy atom. The number of nitrogens with zero attached hydrogens (tertiary/aromatic N) is 2. The fourth-order valence-corrected chi connectivity index (χ4v) is 6.03. The summed E-state index contributed by atoms with van der Waals surface area (Å²) in [5.41, 5.74) is 9.77.